The van der Waals surface area contributed by atoms with Crippen LogP contribution in [0.1, 0.15) is 150 Å². The van der Waals surface area contributed by atoms with Gasteiger partial charge in [0.1, 0.15) is 54.9 Å². The van der Waals surface area contributed by atoms with Crippen LogP contribution in [0, 0.1) is 58.2 Å². The molecule has 3 aliphatic rings. The van der Waals surface area contributed by atoms with Crippen molar-refractivity contribution in [2.45, 2.75) is 113 Å². The van der Waals surface area contributed by atoms with E-state index in [2.05, 4.69) is 71.9 Å². The van der Waals surface area contributed by atoms with E-state index in [0.29, 0.717) is 71.4 Å². The van der Waals surface area contributed by atoms with E-state index in [1.165, 1.54) is 121 Å². The van der Waals surface area contributed by atoms with E-state index >= 15 is 0 Å². The number of thiophene rings is 3. The number of aryl methyl sites for hydroxylation is 8. The molecule has 0 unspecified atom stereocenters. The largest absolute Gasteiger partial charge is 0.508 e. The summed E-state index contributed by atoms with van der Waals surface area (Å²) >= 11 is 3.96. The molecule has 558 valence electrons. The Labute approximate surface area is 645 Å². The SMILES string of the molecule is Cc1ccc(C(=O)c2sc3cc(O)ccc3c2Oc2ccc(CCCN3CC[C@H](C)C3)cc2)c(C)c1.Cc1ccc(C)c(C(=O)c2sc3cc(O)ccc3c2Oc2ccc(CCCN3CC[C@H](C)C3)cc2)c1.Cc1ccc(F)cc1C(=O)c1sc2cc(O)ccc2c1Oc1ccc(CCCN2CC[C@H](C)C2)cc1. The Morgan fingerprint density at radius 2 is 0.722 bits per heavy atom. The van der Waals surface area contributed by atoms with Gasteiger partial charge < -0.3 is 44.2 Å². The number of nitrogens with zero attached hydrogens (tertiary/aromatic N) is 3. The number of benzene rings is 9. The summed E-state index contributed by atoms with van der Waals surface area (Å²) in [5, 5.41) is 32.4. The lowest BCUT2D eigenvalue weighted by Gasteiger charge is -2.15. The smallest absolute Gasteiger partial charge is 0.207 e. The summed E-state index contributed by atoms with van der Waals surface area (Å²) in [4.78, 5) is 49.9. The average Bonchev–Trinajstić information content (AvgIpc) is 1.63. The Balaban J connectivity index is 0.000000143. The van der Waals surface area contributed by atoms with Crippen LogP contribution in [0.5, 0.6) is 51.7 Å². The maximum Gasteiger partial charge on any atom is 0.207 e. The summed E-state index contributed by atoms with van der Waals surface area (Å²) in [7, 11) is 0. The lowest BCUT2D eigenvalue weighted by atomic mass is 10.0. The van der Waals surface area contributed by atoms with Gasteiger partial charge in [-0.05, 0) is 292 Å². The first-order valence-electron chi connectivity index (χ1n) is 37.9. The van der Waals surface area contributed by atoms with E-state index in [0.717, 1.165) is 128 Å². The van der Waals surface area contributed by atoms with Crippen molar-refractivity contribution in [1.29, 1.82) is 0 Å². The zero-order valence-corrected chi connectivity index (χ0v) is 65.5. The molecule has 16 heteroatoms. The molecule has 0 radical (unpaired) electrons. The maximum atomic E-state index is 13.9. The number of hydrogen-bond donors (Lipinski definition) is 3. The molecule has 0 saturated carbocycles. The summed E-state index contributed by atoms with van der Waals surface area (Å²) in [6.07, 6.45) is 10.5. The second kappa shape index (κ2) is 34.8. The Bertz CT molecular complexity index is 4980. The average molecular weight is 1500 g/mol. The Morgan fingerprint density at radius 1 is 0.389 bits per heavy atom. The molecule has 0 aliphatic carbocycles. The zero-order valence-electron chi connectivity index (χ0n) is 63.0. The number of ketones is 3. The van der Waals surface area contributed by atoms with E-state index in [-0.39, 0.29) is 34.6 Å². The van der Waals surface area contributed by atoms with Crippen LogP contribution in [0.25, 0.3) is 30.3 Å². The Hall–Kier alpha value is -9.52. The quantitative estimate of drug-likeness (QED) is 0.0494. The minimum atomic E-state index is -0.458. The van der Waals surface area contributed by atoms with Crippen molar-refractivity contribution in [3.63, 3.8) is 0 Å². The molecule has 6 heterocycles. The Kier molecular flexibility index (Phi) is 24.7. The van der Waals surface area contributed by atoms with E-state index in [4.69, 9.17) is 14.2 Å². The summed E-state index contributed by atoms with van der Waals surface area (Å²) in [5.41, 5.74) is 10.2. The topological polar surface area (TPSA) is 149 Å². The van der Waals surface area contributed by atoms with Gasteiger partial charge in [0, 0.05) is 66.6 Å². The van der Waals surface area contributed by atoms with Crippen LogP contribution in [0.3, 0.4) is 0 Å². The normalized spacial score (nSPS) is 16.0. The molecule has 3 aliphatic heterocycles. The van der Waals surface area contributed by atoms with Crippen molar-refractivity contribution in [3.8, 4) is 51.7 Å². The van der Waals surface area contributed by atoms with Gasteiger partial charge in [0.25, 0.3) is 0 Å². The van der Waals surface area contributed by atoms with Gasteiger partial charge >= 0.3 is 0 Å². The number of rotatable bonds is 24. The summed E-state index contributed by atoms with van der Waals surface area (Å²) in [6.45, 7) is 27.4. The van der Waals surface area contributed by atoms with E-state index in [1.807, 2.05) is 113 Å². The highest BCUT2D eigenvalue weighted by Crippen LogP contribution is 2.47. The van der Waals surface area contributed by atoms with Crippen LogP contribution in [-0.2, 0) is 19.3 Å². The predicted molar refractivity (Wildman–Crippen MR) is 439 cm³/mol. The van der Waals surface area contributed by atoms with Crippen LogP contribution < -0.4 is 14.2 Å². The van der Waals surface area contributed by atoms with Crippen molar-refractivity contribution in [3.05, 3.63) is 264 Å². The molecule has 0 amide bonds. The fraction of sp³-hybridized carbons (Fsp3) is 0.315. The van der Waals surface area contributed by atoms with Crippen LogP contribution >= 0.6 is 34.0 Å². The third-order valence-corrected chi connectivity index (χ3v) is 24.4. The molecule has 0 bridgehead atoms. The fourth-order valence-electron chi connectivity index (χ4n) is 14.9. The van der Waals surface area contributed by atoms with Gasteiger partial charge in [-0.25, -0.2) is 4.39 Å². The highest BCUT2D eigenvalue weighted by atomic mass is 32.1. The number of phenols is 3. The molecule has 3 atom stereocenters. The van der Waals surface area contributed by atoms with Gasteiger partial charge in [0.15, 0.2) is 17.2 Å². The zero-order chi connectivity index (χ0) is 75.7. The lowest BCUT2D eigenvalue weighted by molar-refractivity contribution is 0.103. The minimum Gasteiger partial charge on any atom is -0.508 e. The molecule has 3 fully saturated rings. The number of carbonyl (C=O) groups excluding carboxylic acids is 3. The predicted octanol–water partition coefficient (Wildman–Crippen LogP) is 22.4. The van der Waals surface area contributed by atoms with E-state index in [9.17, 15) is 34.1 Å². The molecular formula is C92H96FN3O9S3. The van der Waals surface area contributed by atoms with Crippen molar-refractivity contribution in [2.24, 2.45) is 17.8 Å². The molecule has 15 rings (SSSR count). The summed E-state index contributed by atoms with van der Waals surface area (Å²) in [5.74, 6) is 5.62. The Morgan fingerprint density at radius 3 is 1.07 bits per heavy atom. The maximum absolute atomic E-state index is 13.9. The molecule has 108 heavy (non-hydrogen) atoms. The van der Waals surface area contributed by atoms with Crippen molar-refractivity contribution in [1.82, 2.24) is 14.7 Å². The minimum absolute atomic E-state index is 0.0558. The first-order valence-corrected chi connectivity index (χ1v) is 40.4. The first-order chi connectivity index (χ1) is 52.1. The van der Waals surface area contributed by atoms with E-state index in [1.54, 1.807) is 55.5 Å². The number of hydrogen-bond acceptors (Lipinski definition) is 15. The molecule has 9 aromatic carbocycles. The number of phenolic OH excluding ortho intramolecular Hbond substituents is 3. The van der Waals surface area contributed by atoms with Gasteiger partial charge in [-0.15, -0.1) is 34.0 Å². The summed E-state index contributed by atoms with van der Waals surface area (Å²) < 4.78 is 35.3. The molecule has 3 N–H and O–H groups in total. The first kappa shape index (κ1) is 76.7. The van der Waals surface area contributed by atoms with E-state index < -0.39 is 5.82 Å². The second-order valence-corrected chi connectivity index (χ2v) is 33.2. The number of aromatic hydroxyl groups is 3. The van der Waals surface area contributed by atoms with Gasteiger partial charge in [0.2, 0.25) is 17.3 Å². The number of likely N-dealkylation sites (tertiary alicyclic amines) is 3. The summed E-state index contributed by atoms with van der Waals surface area (Å²) in [6, 6.07) is 55.7. The number of halogens is 1. The highest BCUT2D eigenvalue weighted by Gasteiger charge is 2.29. The molecular weight excluding hydrogens is 1410 g/mol. The lowest BCUT2D eigenvalue weighted by Crippen LogP contribution is -2.21. The van der Waals surface area contributed by atoms with Crippen LogP contribution in [0.15, 0.2) is 182 Å². The van der Waals surface area contributed by atoms with Gasteiger partial charge in [-0.2, -0.15) is 0 Å². The molecule has 12 aromatic rings. The van der Waals surface area contributed by atoms with Crippen LogP contribution in [-0.4, -0.2) is 106 Å². The fourth-order valence-corrected chi connectivity index (χ4v) is 18.3. The third-order valence-electron chi connectivity index (χ3n) is 21.0. The van der Waals surface area contributed by atoms with Crippen LogP contribution in [0.4, 0.5) is 4.39 Å². The van der Waals surface area contributed by atoms with Gasteiger partial charge in [0.05, 0.1) is 0 Å². The second-order valence-electron chi connectivity index (χ2n) is 30.0. The third kappa shape index (κ3) is 18.9. The van der Waals surface area contributed by atoms with Crippen LogP contribution in [0.2, 0.25) is 0 Å². The standard InChI is InChI=1S/2C31H33NO3S.C30H30FNO3S/c1-20-6-12-26(22(3)17-20)29(34)31-30(27-13-9-24(33)18-28(27)36-31)35-25-10-7-23(8-11-25)5-4-15-32-16-14-21(2)19-32;1-20-6-7-22(3)27(17-20)29(34)31-30(26-13-10-24(33)18-28(26)36-31)35-25-11-8-23(9-12-25)5-4-15-32-16-14-21(2)19-32;1-19-13-15-32(18-19)14-3-4-21-6-10-24(11-7-21)35-29-25-12-9-23(33)17-27(25)36-30(29)28(34)26-16-22(31)8-5-20(26)2/h2*6-13,17-18,21,33H,4-5,14-16,19H2,1-3H3;5-12,16-17,19,33H,3-4,13-15,18H2,1-2H3/t2*21-;19-/m000/s1. The molecule has 0 spiro atoms. The van der Waals surface area contributed by atoms with Crippen molar-refractivity contribution < 1.29 is 48.3 Å². The molecule has 3 saturated heterocycles. The number of carbonyl (C=O) groups is 3. The monoisotopic (exact) mass is 1500 g/mol. The van der Waals surface area contributed by atoms with Gasteiger partial charge in [-0.3, -0.25) is 14.4 Å². The number of fused-ring (bicyclic) bond motifs is 3. The van der Waals surface area contributed by atoms with Crippen molar-refractivity contribution >= 4 is 81.6 Å². The van der Waals surface area contributed by atoms with Crippen molar-refractivity contribution in [2.75, 3.05) is 58.9 Å². The van der Waals surface area contributed by atoms with Gasteiger partial charge in [-0.1, -0.05) is 105 Å². The molecule has 12 nitrogen and oxygen atoms in total. The molecule has 3 aromatic heterocycles. The number of ether oxygens (including phenoxy) is 3. The highest BCUT2D eigenvalue weighted by molar-refractivity contribution is 7.22.